The zero-order valence-corrected chi connectivity index (χ0v) is 20.9. The highest BCUT2D eigenvalue weighted by Gasteiger charge is 2.61. The SMILES string of the molecule is CC(=O)O[C@H]1CC[C@@]2(C)C(=CC[C@H]3[C@@H]4C/C(=C\c5ccccn5)[C@H](OC(C)=O)[C@@]4(C)CC[C@@H]32)C1. The molecule has 0 saturated heterocycles. The van der Waals surface area contributed by atoms with Gasteiger partial charge >= 0.3 is 11.9 Å². The number of hydrogen-bond acceptors (Lipinski definition) is 5. The maximum Gasteiger partial charge on any atom is 0.303 e. The van der Waals surface area contributed by atoms with Crippen LogP contribution >= 0.6 is 0 Å². The summed E-state index contributed by atoms with van der Waals surface area (Å²) in [5, 5.41) is 0. The summed E-state index contributed by atoms with van der Waals surface area (Å²) in [7, 11) is 0. The first kappa shape index (κ1) is 23.3. The maximum absolute atomic E-state index is 12.1. The van der Waals surface area contributed by atoms with Crippen LogP contribution in [0.3, 0.4) is 0 Å². The van der Waals surface area contributed by atoms with Gasteiger partial charge < -0.3 is 9.47 Å². The van der Waals surface area contributed by atoms with Crippen molar-refractivity contribution in [1.82, 2.24) is 4.98 Å². The van der Waals surface area contributed by atoms with Crippen molar-refractivity contribution in [3.8, 4) is 0 Å². The molecule has 0 radical (unpaired) electrons. The van der Waals surface area contributed by atoms with Gasteiger partial charge in [0.2, 0.25) is 0 Å². The molecule has 34 heavy (non-hydrogen) atoms. The Balaban J connectivity index is 1.46. The number of hydrogen-bond donors (Lipinski definition) is 0. The van der Waals surface area contributed by atoms with Crippen molar-refractivity contribution in [1.29, 1.82) is 0 Å². The molecule has 0 amide bonds. The third-order valence-corrected chi connectivity index (χ3v) is 9.53. The zero-order chi connectivity index (χ0) is 24.1. The fraction of sp³-hybridized carbons (Fsp3) is 0.621. The predicted molar refractivity (Wildman–Crippen MR) is 130 cm³/mol. The van der Waals surface area contributed by atoms with Crippen LogP contribution in [0.25, 0.3) is 6.08 Å². The van der Waals surface area contributed by atoms with Crippen molar-refractivity contribution < 1.29 is 19.1 Å². The van der Waals surface area contributed by atoms with E-state index in [4.69, 9.17) is 9.47 Å². The molecule has 1 aromatic heterocycles. The summed E-state index contributed by atoms with van der Waals surface area (Å²) < 4.78 is 11.6. The number of fused-ring (bicyclic) bond motifs is 5. The lowest BCUT2D eigenvalue weighted by atomic mass is 9.48. The van der Waals surface area contributed by atoms with E-state index in [0.29, 0.717) is 17.8 Å². The standard InChI is InChI=1S/C29H37NO4/c1-18(31)33-23-10-12-28(3)21(17-23)8-9-24-25(28)11-13-29(4)26(24)16-20(27(29)34-19(2)32)15-22-7-5-6-14-30-22/h5-8,14-15,23-27H,9-13,16-17H2,1-4H3/b20-15+/t23-,24+,25-,26-,27-,28-,29-/m0/s1. The van der Waals surface area contributed by atoms with Gasteiger partial charge in [-0.3, -0.25) is 14.6 Å². The van der Waals surface area contributed by atoms with Gasteiger partial charge in [-0.1, -0.05) is 31.6 Å². The second kappa shape index (κ2) is 8.66. The van der Waals surface area contributed by atoms with Crippen molar-refractivity contribution >= 4 is 18.0 Å². The number of carbonyl (C=O) groups is 2. The van der Waals surface area contributed by atoms with Gasteiger partial charge in [-0.25, -0.2) is 0 Å². The Hall–Kier alpha value is -2.43. The van der Waals surface area contributed by atoms with Gasteiger partial charge in [0.05, 0.1) is 5.69 Å². The van der Waals surface area contributed by atoms with E-state index < -0.39 is 0 Å². The Kier molecular flexibility index (Phi) is 5.94. The Morgan fingerprint density at radius 1 is 1.03 bits per heavy atom. The number of rotatable bonds is 3. The number of nitrogens with zero attached hydrogens (tertiary/aromatic N) is 1. The summed E-state index contributed by atoms with van der Waals surface area (Å²) in [4.78, 5) is 28.2. The minimum atomic E-state index is -0.206. The summed E-state index contributed by atoms with van der Waals surface area (Å²) in [6.45, 7) is 7.83. The number of carbonyl (C=O) groups excluding carboxylic acids is 2. The van der Waals surface area contributed by atoms with Crippen LogP contribution in [0.1, 0.15) is 78.3 Å². The molecule has 3 fully saturated rings. The van der Waals surface area contributed by atoms with Crippen molar-refractivity contribution in [2.24, 2.45) is 28.6 Å². The second-order valence-corrected chi connectivity index (χ2v) is 11.4. The molecule has 0 bridgehead atoms. The number of aromatic nitrogens is 1. The van der Waals surface area contributed by atoms with Crippen LogP contribution in [-0.2, 0) is 19.1 Å². The van der Waals surface area contributed by atoms with E-state index in [1.165, 1.54) is 25.0 Å². The molecule has 0 unspecified atom stereocenters. The van der Waals surface area contributed by atoms with Crippen LogP contribution in [0.5, 0.6) is 0 Å². The lowest BCUT2D eigenvalue weighted by molar-refractivity contribution is -0.154. The summed E-state index contributed by atoms with van der Waals surface area (Å²) >= 11 is 0. The van der Waals surface area contributed by atoms with Gasteiger partial charge in [0.1, 0.15) is 12.2 Å². The molecular weight excluding hydrogens is 426 g/mol. The third kappa shape index (κ3) is 3.91. The second-order valence-electron chi connectivity index (χ2n) is 11.4. The van der Waals surface area contributed by atoms with E-state index in [9.17, 15) is 9.59 Å². The van der Waals surface area contributed by atoms with Crippen LogP contribution in [0.4, 0.5) is 0 Å². The molecule has 3 saturated carbocycles. The molecule has 7 atom stereocenters. The number of esters is 2. The molecule has 4 aliphatic carbocycles. The average Bonchev–Trinajstić information content (AvgIpc) is 3.05. The van der Waals surface area contributed by atoms with Gasteiger partial charge in [-0.05, 0) is 85.5 Å². The topological polar surface area (TPSA) is 65.5 Å². The first-order valence-corrected chi connectivity index (χ1v) is 12.9. The van der Waals surface area contributed by atoms with E-state index in [-0.39, 0.29) is 35.0 Å². The minimum Gasteiger partial charge on any atom is -0.462 e. The normalized spacial score (nSPS) is 39.9. The van der Waals surface area contributed by atoms with Crippen molar-refractivity contribution in [2.45, 2.75) is 84.8 Å². The summed E-state index contributed by atoms with van der Waals surface area (Å²) in [6, 6.07) is 5.94. The Morgan fingerprint density at radius 2 is 1.82 bits per heavy atom. The van der Waals surface area contributed by atoms with Crippen LogP contribution in [0.15, 0.2) is 41.6 Å². The molecule has 0 spiro atoms. The molecule has 4 aliphatic rings. The van der Waals surface area contributed by atoms with Crippen molar-refractivity contribution in [2.75, 3.05) is 0 Å². The number of pyridine rings is 1. The van der Waals surface area contributed by atoms with E-state index in [1.54, 1.807) is 0 Å². The number of allylic oxidation sites excluding steroid dienone is 1. The van der Waals surface area contributed by atoms with E-state index in [2.05, 4.69) is 31.0 Å². The molecule has 1 heterocycles. The fourth-order valence-electron chi connectivity index (χ4n) is 7.97. The molecule has 0 N–H and O–H groups in total. The van der Waals surface area contributed by atoms with Crippen molar-refractivity contribution in [3.63, 3.8) is 0 Å². The van der Waals surface area contributed by atoms with Crippen molar-refractivity contribution in [3.05, 3.63) is 47.3 Å². The summed E-state index contributed by atoms with van der Waals surface area (Å²) in [5.74, 6) is 1.29. The molecule has 5 nitrogen and oxygen atoms in total. The molecule has 5 heteroatoms. The molecule has 182 valence electrons. The predicted octanol–water partition coefficient (Wildman–Crippen LogP) is 5.90. The lowest BCUT2D eigenvalue weighted by Gasteiger charge is -2.57. The fourth-order valence-corrected chi connectivity index (χ4v) is 7.97. The number of ether oxygens (including phenoxy) is 2. The Labute approximate surface area is 203 Å². The Bertz CT molecular complexity index is 1030. The third-order valence-electron chi connectivity index (χ3n) is 9.53. The summed E-state index contributed by atoms with van der Waals surface area (Å²) in [6.07, 6.45) is 13.4. The molecule has 1 aromatic rings. The highest BCUT2D eigenvalue weighted by atomic mass is 16.5. The minimum absolute atomic E-state index is 0.0231. The highest BCUT2D eigenvalue weighted by Crippen LogP contribution is 2.66. The molecule has 5 rings (SSSR count). The average molecular weight is 464 g/mol. The zero-order valence-electron chi connectivity index (χ0n) is 20.9. The van der Waals surface area contributed by atoms with Crippen LogP contribution in [-0.4, -0.2) is 29.1 Å². The van der Waals surface area contributed by atoms with Crippen LogP contribution in [0, 0.1) is 28.6 Å². The monoisotopic (exact) mass is 463 g/mol. The van der Waals surface area contributed by atoms with Gasteiger partial charge in [0.25, 0.3) is 0 Å². The molecule has 0 aliphatic heterocycles. The smallest absolute Gasteiger partial charge is 0.303 e. The van der Waals surface area contributed by atoms with Crippen LogP contribution in [0.2, 0.25) is 0 Å². The van der Waals surface area contributed by atoms with E-state index in [0.717, 1.165) is 50.6 Å². The first-order chi connectivity index (χ1) is 16.2. The van der Waals surface area contributed by atoms with E-state index in [1.807, 2.05) is 24.4 Å². The van der Waals surface area contributed by atoms with E-state index >= 15 is 0 Å². The van der Waals surface area contributed by atoms with Gasteiger partial charge in [0, 0.05) is 31.9 Å². The maximum atomic E-state index is 12.1. The lowest BCUT2D eigenvalue weighted by Crippen LogP contribution is -2.51. The quantitative estimate of drug-likeness (QED) is 0.412. The van der Waals surface area contributed by atoms with Gasteiger partial charge in [-0.15, -0.1) is 0 Å². The van der Waals surface area contributed by atoms with Gasteiger partial charge in [-0.2, -0.15) is 0 Å². The van der Waals surface area contributed by atoms with Gasteiger partial charge in [0.15, 0.2) is 0 Å². The molecule has 0 aromatic carbocycles. The molecular formula is C29H37NO4. The van der Waals surface area contributed by atoms with Crippen LogP contribution < -0.4 is 0 Å². The summed E-state index contributed by atoms with van der Waals surface area (Å²) in [5.41, 5.74) is 3.75. The highest BCUT2D eigenvalue weighted by molar-refractivity contribution is 5.67. The first-order valence-electron chi connectivity index (χ1n) is 12.9. The largest absolute Gasteiger partial charge is 0.462 e. The Morgan fingerprint density at radius 3 is 2.53 bits per heavy atom.